The predicted molar refractivity (Wildman–Crippen MR) is 93.8 cm³/mol. The van der Waals surface area contributed by atoms with Crippen LogP contribution in [0.2, 0.25) is 0 Å². The lowest BCUT2D eigenvalue weighted by atomic mass is 10.0. The van der Waals surface area contributed by atoms with E-state index in [1.165, 1.54) is 5.56 Å². The van der Waals surface area contributed by atoms with Gasteiger partial charge in [-0.15, -0.1) is 0 Å². The monoisotopic (exact) mass is 305 g/mol. The van der Waals surface area contributed by atoms with Crippen molar-refractivity contribution in [3.05, 3.63) is 71.8 Å². The summed E-state index contributed by atoms with van der Waals surface area (Å²) in [4.78, 5) is 2.34. The molecule has 1 aliphatic heterocycles. The molecule has 2 aromatic carbocycles. The Morgan fingerprint density at radius 1 is 0.957 bits per heavy atom. The second-order valence-corrected chi connectivity index (χ2v) is 6.21. The van der Waals surface area contributed by atoms with Gasteiger partial charge in [0.1, 0.15) is 0 Å². The van der Waals surface area contributed by atoms with Crippen molar-refractivity contribution in [3.8, 4) is 11.8 Å². The van der Waals surface area contributed by atoms with Crippen LogP contribution >= 0.6 is 0 Å². The van der Waals surface area contributed by atoms with Crippen LogP contribution < -0.4 is 0 Å². The highest BCUT2D eigenvalue weighted by Gasteiger charge is 2.30. The molecule has 1 aliphatic rings. The maximum atomic E-state index is 10.3. The third-order valence-corrected chi connectivity index (χ3v) is 4.38. The number of benzene rings is 2. The fourth-order valence-electron chi connectivity index (χ4n) is 3.14. The Bertz CT molecular complexity index is 656. The molecule has 1 heterocycles. The summed E-state index contributed by atoms with van der Waals surface area (Å²) >= 11 is 0. The van der Waals surface area contributed by atoms with Gasteiger partial charge in [0.2, 0.25) is 0 Å². The van der Waals surface area contributed by atoms with E-state index in [2.05, 4.69) is 41.0 Å². The van der Waals surface area contributed by atoms with Gasteiger partial charge in [0.15, 0.2) is 0 Å². The van der Waals surface area contributed by atoms with Crippen LogP contribution in [0.5, 0.6) is 0 Å². The Kier molecular flexibility index (Phi) is 5.47. The van der Waals surface area contributed by atoms with Crippen molar-refractivity contribution in [2.75, 3.05) is 13.1 Å². The molecule has 2 aromatic rings. The lowest BCUT2D eigenvalue weighted by Crippen LogP contribution is -2.21. The van der Waals surface area contributed by atoms with Crippen LogP contribution in [0.4, 0.5) is 0 Å². The van der Waals surface area contributed by atoms with Crippen molar-refractivity contribution < 1.29 is 5.11 Å². The summed E-state index contributed by atoms with van der Waals surface area (Å²) in [5.74, 6) is 6.76. The molecule has 2 atom stereocenters. The zero-order chi connectivity index (χ0) is 15.9. The average Bonchev–Trinajstić information content (AvgIpc) is 2.93. The smallest absolute Gasteiger partial charge is 0.0707 e. The molecule has 2 nitrogen and oxygen atoms in total. The molecule has 118 valence electrons. The minimum Gasteiger partial charge on any atom is -0.391 e. The van der Waals surface area contributed by atoms with Gasteiger partial charge >= 0.3 is 0 Å². The molecular weight excluding hydrogens is 282 g/mol. The molecule has 1 fully saturated rings. The molecule has 0 saturated carbocycles. The maximum absolute atomic E-state index is 10.3. The van der Waals surface area contributed by atoms with E-state index in [0.717, 1.165) is 38.0 Å². The highest BCUT2D eigenvalue weighted by atomic mass is 16.3. The van der Waals surface area contributed by atoms with Crippen molar-refractivity contribution in [3.63, 3.8) is 0 Å². The first-order valence-corrected chi connectivity index (χ1v) is 8.29. The van der Waals surface area contributed by atoms with E-state index in [9.17, 15) is 5.11 Å². The highest BCUT2D eigenvalue weighted by molar-refractivity contribution is 5.33. The van der Waals surface area contributed by atoms with Gasteiger partial charge in [-0.05, 0) is 30.0 Å². The van der Waals surface area contributed by atoms with Crippen LogP contribution in [0.3, 0.4) is 0 Å². The second kappa shape index (κ2) is 7.97. The maximum Gasteiger partial charge on any atom is 0.0707 e. The molecule has 1 saturated heterocycles. The van der Waals surface area contributed by atoms with E-state index in [0.29, 0.717) is 5.92 Å². The van der Waals surface area contributed by atoms with E-state index in [1.807, 2.05) is 36.4 Å². The van der Waals surface area contributed by atoms with Gasteiger partial charge in [-0.2, -0.15) is 0 Å². The molecule has 0 amide bonds. The van der Waals surface area contributed by atoms with E-state index in [4.69, 9.17) is 0 Å². The fourth-order valence-corrected chi connectivity index (χ4v) is 3.14. The minimum atomic E-state index is -0.225. The van der Waals surface area contributed by atoms with Crippen LogP contribution in [0.25, 0.3) is 0 Å². The first kappa shape index (κ1) is 15.8. The SMILES string of the molecule is O[C@@H]1CN(Cc2ccccc2)C[C@@H]1CCC#Cc1ccccc1. The van der Waals surface area contributed by atoms with E-state index in [-0.39, 0.29) is 6.10 Å². The summed E-state index contributed by atoms with van der Waals surface area (Å²) in [5.41, 5.74) is 2.37. The Hall–Kier alpha value is -2.08. The summed E-state index contributed by atoms with van der Waals surface area (Å²) in [6, 6.07) is 20.5. The largest absolute Gasteiger partial charge is 0.391 e. The highest BCUT2D eigenvalue weighted by Crippen LogP contribution is 2.23. The second-order valence-electron chi connectivity index (χ2n) is 6.21. The minimum absolute atomic E-state index is 0.225. The standard InChI is InChI=1S/C21H23NO/c23-21-17-22(15-19-12-5-2-6-13-19)16-20(21)14-8-7-11-18-9-3-1-4-10-18/h1-6,9-10,12-13,20-21,23H,8,14-17H2/t20-,21+/m0/s1. The number of likely N-dealkylation sites (tertiary alicyclic amines) is 1. The fraction of sp³-hybridized carbons (Fsp3) is 0.333. The van der Waals surface area contributed by atoms with E-state index < -0.39 is 0 Å². The number of aliphatic hydroxyl groups is 1. The van der Waals surface area contributed by atoms with Crippen molar-refractivity contribution in [2.24, 2.45) is 5.92 Å². The quantitative estimate of drug-likeness (QED) is 0.876. The first-order valence-electron chi connectivity index (χ1n) is 8.29. The average molecular weight is 305 g/mol. The van der Waals surface area contributed by atoms with Crippen LogP contribution in [0, 0.1) is 17.8 Å². The van der Waals surface area contributed by atoms with Crippen LogP contribution in [-0.2, 0) is 6.54 Å². The van der Waals surface area contributed by atoms with Crippen molar-refractivity contribution >= 4 is 0 Å². The number of aliphatic hydroxyl groups excluding tert-OH is 1. The predicted octanol–water partition coefficient (Wildman–Crippen LogP) is 3.31. The van der Waals surface area contributed by atoms with Gasteiger partial charge in [-0.3, -0.25) is 4.90 Å². The molecular formula is C21H23NO. The van der Waals surface area contributed by atoms with Crippen LogP contribution in [-0.4, -0.2) is 29.2 Å². The lowest BCUT2D eigenvalue weighted by molar-refractivity contribution is 0.138. The molecule has 0 radical (unpaired) electrons. The number of β-amino-alcohol motifs (C(OH)–C–C–N with tert-alkyl or cyclic N) is 1. The van der Waals surface area contributed by atoms with Gasteiger partial charge in [0.05, 0.1) is 6.10 Å². The van der Waals surface area contributed by atoms with E-state index in [1.54, 1.807) is 0 Å². The molecule has 0 aliphatic carbocycles. The van der Waals surface area contributed by atoms with Crippen LogP contribution in [0.15, 0.2) is 60.7 Å². The molecule has 0 spiro atoms. The number of nitrogens with zero attached hydrogens (tertiary/aromatic N) is 1. The number of hydrogen-bond donors (Lipinski definition) is 1. The summed E-state index contributed by atoms with van der Waals surface area (Å²) in [5, 5.41) is 10.3. The summed E-state index contributed by atoms with van der Waals surface area (Å²) in [7, 11) is 0. The summed E-state index contributed by atoms with van der Waals surface area (Å²) in [6.45, 7) is 2.65. The zero-order valence-electron chi connectivity index (χ0n) is 13.4. The van der Waals surface area contributed by atoms with Gasteiger partial charge in [0.25, 0.3) is 0 Å². The Balaban J connectivity index is 1.47. The van der Waals surface area contributed by atoms with Gasteiger partial charge in [-0.1, -0.05) is 60.4 Å². The van der Waals surface area contributed by atoms with Crippen LogP contribution in [0.1, 0.15) is 24.0 Å². The van der Waals surface area contributed by atoms with Gasteiger partial charge < -0.3 is 5.11 Å². The molecule has 0 bridgehead atoms. The zero-order valence-corrected chi connectivity index (χ0v) is 13.4. The Morgan fingerprint density at radius 3 is 2.39 bits per heavy atom. The number of hydrogen-bond acceptors (Lipinski definition) is 2. The summed E-state index contributed by atoms with van der Waals surface area (Å²) in [6.07, 6.45) is 1.58. The molecule has 23 heavy (non-hydrogen) atoms. The number of rotatable bonds is 4. The normalized spacial score (nSPS) is 20.9. The lowest BCUT2D eigenvalue weighted by Gasteiger charge is -2.15. The third-order valence-electron chi connectivity index (χ3n) is 4.38. The van der Waals surface area contributed by atoms with E-state index >= 15 is 0 Å². The Morgan fingerprint density at radius 2 is 1.65 bits per heavy atom. The third kappa shape index (κ3) is 4.69. The van der Waals surface area contributed by atoms with Crippen molar-refractivity contribution in [1.29, 1.82) is 0 Å². The molecule has 0 unspecified atom stereocenters. The van der Waals surface area contributed by atoms with Gasteiger partial charge in [0, 0.05) is 31.6 Å². The molecule has 2 heteroatoms. The molecule has 3 rings (SSSR count). The van der Waals surface area contributed by atoms with Crippen molar-refractivity contribution in [2.45, 2.75) is 25.5 Å². The first-order chi connectivity index (χ1) is 11.3. The van der Waals surface area contributed by atoms with Gasteiger partial charge in [-0.25, -0.2) is 0 Å². The topological polar surface area (TPSA) is 23.5 Å². The molecule has 0 aromatic heterocycles. The summed E-state index contributed by atoms with van der Waals surface area (Å²) < 4.78 is 0. The molecule has 1 N–H and O–H groups in total. The van der Waals surface area contributed by atoms with Crippen molar-refractivity contribution in [1.82, 2.24) is 4.90 Å². The Labute approximate surface area is 138 Å².